The molecule has 3 N–H and O–H groups in total. The first-order chi connectivity index (χ1) is 8.47. The highest BCUT2D eigenvalue weighted by Crippen LogP contribution is 2.26. The lowest BCUT2D eigenvalue weighted by Crippen LogP contribution is -2.53. The first-order valence-corrected chi connectivity index (χ1v) is 5.94. The van der Waals surface area contributed by atoms with E-state index in [2.05, 4.69) is 5.32 Å². The van der Waals surface area contributed by atoms with Gasteiger partial charge in [-0.1, -0.05) is 0 Å². The summed E-state index contributed by atoms with van der Waals surface area (Å²) in [7, 11) is 1.54. The minimum Gasteiger partial charge on any atom is -0.480 e. The molecule has 7 heteroatoms. The summed E-state index contributed by atoms with van der Waals surface area (Å²) in [4.78, 5) is 24.4. The molecular weight excluding hydrogens is 240 g/mol. The molecule has 104 valence electrons. The van der Waals surface area contributed by atoms with Gasteiger partial charge in [0.1, 0.15) is 0 Å². The van der Waals surface area contributed by atoms with Gasteiger partial charge in [-0.3, -0.25) is 0 Å². The number of aliphatic hydroxyl groups excluding tert-OH is 1. The molecule has 1 aliphatic rings. The van der Waals surface area contributed by atoms with E-state index >= 15 is 0 Å². The molecule has 2 amide bonds. The van der Waals surface area contributed by atoms with E-state index in [4.69, 9.17) is 9.84 Å². The number of urea groups is 1. The number of nitrogens with zero attached hydrogens (tertiary/aromatic N) is 1. The fourth-order valence-corrected chi connectivity index (χ4v) is 1.63. The number of rotatable bonds is 7. The maximum atomic E-state index is 11.9. The molecule has 0 aliphatic heterocycles. The Hall–Kier alpha value is -1.34. The van der Waals surface area contributed by atoms with Crippen molar-refractivity contribution in [2.24, 2.45) is 0 Å². The van der Waals surface area contributed by atoms with Crippen LogP contribution < -0.4 is 5.32 Å². The quantitative estimate of drug-likeness (QED) is 0.580. The molecule has 1 aliphatic carbocycles. The van der Waals surface area contributed by atoms with Gasteiger partial charge in [0.05, 0.1) is 12.7 Å². The number of methoxy groups -OCH3 is 1. The number of carbonyl (C=O) groups is 2. The summed E-state index contributed by atoms with van der Waals surface area (Å²) in [6.45, 7) is 2.14. The summed E-state index contributed by atoms with van der Waals surface area (Å²) in [6, 6.07) is -1.60. The topological polar surface area (TPSA) is 99.1 Å². The van der Waals surface area contributed by atoms with Crippen LogP contribution in [0.1, 0.15) is 19.8 Å². The number of ether oxygens (including phenoxy) is 1. The van der Waals surface area contributed by atoms with Crippen LogP contribution in [0.2, 0.25) is 0 Å². The second-order valence-corrected chi connectivity index (χ2v) is 4.42. The fourth-order valence-electron chi connectivity index (χ4n) is 1.63. The highest BCUT2D eigenvalue weighted by Gasteiger charge is 2.35. The molecule has 0 heterocycles. The highest BCUT2D eigenvalue weighted by atomic mass is 16.5. The molecule has 0 spiro atoms. The first-order valence-electron chi connectivity index (χ1n) is 5.94. The van der Waals surface area contributed by atoms with Crippen molar-refractivity contribution in [2.45, 2.75) is 38.0 Å². The average molecular weight is 260 g/mol. The summed E-state index contributed by atoms with van der Waals surface area (Å²) < 4.78 is 4.91. The van der Waals surface area contributed by atoms with Crippen LogP contribution in [-0.4, -0.2) is 65.6 Å². The number of carbonyl (C=O) groups excluding carboxylic acids is 1. The van der Waals surface area contributed by atoms with E-state index in [1.165, 1.54) is 6.92 Å². The molecule has 1 rings (SSSR count). The normalized spacial score (nSPS) is 17.9. The van der Waals surface area contributed by atoms with Gasteiger partial charge in [0.2, 0.25) is 0 Å². The van der Waals surface area contributed by atoms with Crippen LogP contribution >= 0.6 is 0 Å². The number of aliphatic carboxylic acids is 1. The second-order valence-electron chi connectivity index (χ2n) is 4.42. The van der Waals surface area contributed by atoms with Crippen molar-refractivity contribution >= 4 is 12.0 Å². The van der Waals surface area contributed by atoms with Gasteiger partial charge in [-0.15, -0.1) is 0 Å². The molecule has 0 aromatic carbocycles. The van der Waals surface area contributed by atoms with Crippen molar-refractivity contribution in [3.63, 3.8) is 0 Å². The Labute approximate surface area is 106 Å². The Morgan fingerprint density at radius 2 is 2.11 bits per heavy atom. The number of hydrogen-bond donors (Lipinski definition) is 3. The van der Waals surface area contributed by atoms with Crippen molar-refractivity contribution in [1.29, 1.82) is 0 Å². The van der Waals surface area contributed by atoms with E-state index in [1.54, 1.807) is 12.0 Å². The molecule has 0 aromatic rings. The van der Waals surface area contributed by atoms with E-state index in [0.717, 1.165) is 12.8 Å². The molecule has 1 saturated carbocycles. The summed E-state index contributed by atoms with van der Waals surface area (Å²) in [5.74, 6) is -1.25. The van der Waals surface area contributed by atoms with Crippen LogP contribution in [-0.2, 0) is 9.53 Å². The van der Waals surface area contributed by atoms with Crippen molar-refractivity contribution in [3.05, 3.63) is 0 Å². The largest absolute Gasteiger partial charge is 0.480 e. The monoisotopic (exact) mass is 260 g/mol. The third-order valence-electron chi connectivity index (χ3n) is 2.81. The van der Waals surface area contributed by atoms with Crippen LogP contribution in [0.3, 0.4) is 0 Å². The number of carboxylic acid groups (broad SMARTS) is 1. The molecule has 7 nitrogen and oxygen atoms in total. The van der Waals surface area contributed by atoms with Crippen LogP contribution in [0.25, 0.3) is 0 Å². The van der Waals surface area contributed by atoms with Gasteiger partial charge in [-0.05, 0) is 19.8 Å². The van der Waals surface area contributed by atoms with Crippen molar-refractivity contribution in [1.82, 2.24) is 10.2 Å². The maximum Gasteiger partial charge on any atom is 0.328 e. The number of carboxylic acids is 1. The minimum atomic E-state index is -1.29. The standard InChI is InChI=1S/C11H20N2O5/c1-7(14)9(10(15)16)12-11(17)13(5-6-18-2)8-3-4-8/h7-9,14H,3-6H2,1-2H3,(H,12,17)(H,15,16)/t7-,9+/m1/s1. The Balaban J connectivity index is 2.56. The zero-order valence-corrected chi connectivity index (χ0v) is 10.6. The summed E-state index contributed by atoms with van der Waals surface area (Å²) in [5.41, 5.74) is 0. The molecule has 2 atom stereocenters. The van der Waals surface area contributed by atoms with Gasteiger partial charge in [0, 0.05) is 19.7 Å². The molecule has 18 heavy (non-hydrogen) atoms. The van der Waals surface area contributed by atoms with Gasteiger partial charge in [-0.25, -0.2) is 9.59 Å². The smallest absolute Gasteiger partial charge is 0.328 e. The molecule has 0 radical (unpaired) electrons. The van der Waals surface area contributed by atoms with E-state index in [1.807, 2.05) is 0 Å². The summed E-state index contributed by atoms with van der Waals surface area (Å²) >= 11 is 0. The highest BCUT2D eigenvalue weighted by molar-refractivity contribution is 5.83. The third kappa shape index (κ3) is 4.15. The fraction of sp³-hybridized carbons (Fsp3) is 0.818. The van der Waals surface area contributed by atoms with Crippen molar-refractivity contribution in [3.8, 4) is 0 Å². The lowest BCUT2D eigenvalue weighted by molar-refractivity contribution is -0.141. The Kier molecular flexibility index (Phi) is 5.36. The van der Waals surface area contributed by atoms with Gasteiger partial charge in [0.25, 0.3) is 0 Å². The number of nitrogens with one attached hydrogen (secondary N) is 1. The number of aliphatic hydroxyl groups is 1. The van der Waals surface area contributed by atoms with E-state index in [-0.39, 0.29) is 6.04 Å². The predicted molar refractivity (Wildman–Crippen MR) is 63.2 cm³/mol. The molecule has 0 aromatic heterocycles. The third-order valence-corrected chi connectivity index (χ3v) is 2.81. The van der Waals surface area contributed by atoms with Crippen LogP contribution in [0.15, 0.2) is 0 Å². The predicted octanol–water partition coefficient (Wildman–Crippen LogP) is -0.359. The summed E-state index contributed by atoms with van der Waals surface area (Å²) in [5, 5.41) is 20.5. The van der Waals surface area contributed by atoms with Crippen molar-refractivity contribution in [2.75, 3.05) is 20.3 Å². The van der Waals surface area contributed by atoms with Crippen LogP contribution in [0.4, 0.5) is 4.79 Å². The molecule has 0 saturated heterocycles. The van der Waals surface area contributed by atoms with E-state index < -0.39 is 24.1 Å². The maximum absolute atomic E-state index is 11.9. The number of amides is 2. The summed E-state index contributed by atoms with van der Waals surface area (Å²) in [6.07, 6.45) is 0.697. The Morgan fingerprint density at radius 3 is 2.50 bits per heavy atom. The minimum absolute atomic E-state index is 0.156. The lowest BCUT2D eigenvalue weighted by atomic mass is 10.2. The zero-order chi connectivity index (χ0) is 13.7. The van der Waals surface area contributed by atoms with Crippen LogP contribution in [0, 0.1) is 0 Å². The molecule has 0 bridgehead atoms. The lowest BCUT2D eigenvalue weighted by Gasteiger charge is -2.25. The zero-order valence-electron chi connectivity index (χ0n) is 10.6. The van der Waals surface area contributed by atoms with Crippen molar-refractivity contribution < 1.29 is 24.5 Å². The van der Waals surface area contributed by atoms with Gasteiger partial charge in [-0.2, -0.15) is 0 Å². The molecule has 0 unspecified atom stereocenters. The molecular formula is C11H20N2O5. The molecule has 1 fully saturated rings. The Morgan fingerprint density at radius 1 is 1.50 bits per heavy atom. The average Bonchev–Trinajstić information content (AvgIpc) is 3.09. The van der Waals surface area contributed by atoms with Crippen LogP contribution in [0.5, 0.6) is 0 Å². The van der Waals surface area contributed by atoms with E-state index in [9.17, 15) is 14.7 Å². The SMILES string of the molecule is COCCN(C(=O)N[C@H](C(=O)O)[C@@H](C)O)C1CC1. The van der Waals surface area contributed by atoms with E-state index in [0.29, 0.717) is 13.2 Å². The van der Waals surface area contributed by atoms with Gasteiger partial charge >= 0.3 is 12.0 Å². The second kappa shape index (κ2) is 6.55. The first kappa shape index (κ1) is 14.7. The number of hydrogen-bond acceptors (Lipinski definition) is 4. The Bertz CT molecular complexity index is 304. The van der Waals surface area contributed by atoms with Gasteiger partial charge < -0.3 is 25.2 Å². The van der Waals surface area contributed by atoms with Gasteiger partial charge in [0.15, 0.2) is 6.04 Å².